The van der Waals surface area contributed by atoms with Gasteiger partial charge in [-0.05, 0) is 24.5 Å². The first-order valence-corrected chi connectivity index (χ1v) is 5.92. The molecule has 1 aliphatic heterocycles. The monoisotopic (exact) mass is 251 g/mol. The van der Waals surface area contributed by atoms with Crippen LogP contribution in [0.15, 0.2) is 12.1 Å². The highest BCUT2D eigenvalue weighted by molar-refractivity contribution is 5.87. The molecule has 18 heavy (non-hydrogen) atoms. The molecule has 1 aliphatic rings. The lowest BCUT2D eigenvalue weighted by Crippen LogP contribution is -2.43. The number of nitrogens with zero attached hydrogens (tertiary/aromatic N) is 2. The Morgan fingerprint density at radius 1 is 1.56 bits per heavy atom. The van der Waals surface area contributed by atoms with E-state index in [1.807, 2.05) is 11.8 Å². The number of aliphatic hydroxyl groups excluding tert-OH is 1. The molecule has 2 atom stereocenters. The van der Waals surface area contributed by atoms with Gasteiger partial charge in [0.2, 0.25) is 0 Å². The summed E-state index contributed by atoms with van der Waals surface area (Å²) < 4.78 is 0. The fourth-order valence-corrected chi connectivity index (χ4v) is 2.07. The number of nitrogen functional groups attached to an aromatic ring is 1. The highest BCUT2D eigenvalue weighted by Gasteiger charge is 2.26. The Hall–Kier alpha value is -1.82. The topological polar surface area (TPSA) is 99.7 Å². The van der Waals surface area contributed by atoms with Gasteiger partial charge in [0.1, 0.15) is 0 Å². The number of aliphatic hydroxyl groups is 1. The van der Waals surface area contributed by atoms with Crippen molar-refractivity contribution in [3.63, 3.8) is 0 Å². The molecule has 0 spiro atoms. The molecule has 6 nitrogen and oxygen atoms in total. The Labute approximate surface area is 105 Å². The number of nitrogens with two attached hydrogens (primary N) is 1. The van der Waals surface area contributed by atoms with Gasteiger partial charge >= 0.3 is 5.97 Å². The Morgan fingerprint density at radius 2 is 2.28 bits per heavy atom. The van der Waals surface area contributed by atoms with E-state index in [9.17, 15) is 9.90 Å². The maximum atomic E-state index is 10.9. The molecule has 1 saturated heterocycles. The average molecular weight is 251 g/mol. The number of β-amino-alcohol motifs (C(OH)–C–C–N with tert-alkyl or cyclic N) is 1. The number of hydrogen-bond acceptors (Lipinski definition) is 5. The van der Waals surface area contributed by atoms with Crippen LogP contribution in [0.5, 0.6) is 0 Å². The zero-order valence-corrected chi connectivity index (χ0v) is 10.2. The lowest BCUT2D eigenvalue weighted by atomic mass is 9.96. The Balaban J connectivity index is 2.27. The third-order valence-corrected chi connectivity index (χ3v) is 3.34. The summed E-state index contributed by atoms with van der Waals surface area (Å²) in [6.45, 7) is 3.15. The number of piperidine rings is 1. The first-order valence-electron chi connectivity index (χ1n) is 5.92. The summed E-state index contributed by atoms with van der Waals surface area (Å²) in [4.78, 5) is 16.8. The van der Waals surface area contributed by atoms with Crippen LogP contribution in [-0.4, -0.2) is 40.4 Å². The van der Waals surface area contributed by atoms with Crippen LogP contribution in [0.4, 0.5) is 11.5 Å². The predicted octanol–water partition coefficient (Wildman–Crippen LogP) is 0.569. The van der Waals surface area contributed by atoms with Gasteiger partial charge in [-0.1, -0.05) is 6.92 Å². The molecule has 0 bridgehead atoms. The lowest BCUT2D eigenvalue weighted by molar-refractivity contribution is 0.0690. The van der Waals surface area contributed by atoms with Gasteiger partial charge in [-0.15, -0.1) is 0 Å². The highest BCUT2D eigenvalue weighted by Crippen LogP contribution is 2.26. The fraction of sp³-hybridized carbons (Fsp3) is 0.500. The number of pyridine rings is 1. The molecule has 2 unspecified atom stereocenters. The number of hydrogen-bond donors (Lipinski definition) is 3. The SMILES string of the molecule is CC1CCN(c2nc(C(=O)O)ccc2N)CC1O. The largest absolute Gasteiger partial charge is 0.477 e. The van der Waals surface area contributed by atoms with Crippen molar-refractivity contribution in [3.8, 4) is 0 Å². The molecule has 0 radical (unpaired) electrons. The molecule has 2 heterocycles. The van der Waals surface area contributed by atoms with Crippen molar-refractivity contribution >= 4 is 17.5 Å². The van der Waals surface area contributed by atoms with Crippen LogP contribution in [0.2, 0.25) is 0 Å². The second-order valence-electron chi connectivity index (χ2n) is 4.69. The normalized spacial score (nSPS) is 24.0. The van der Waals surface area contributed by atoms with E-state index >= 15 is 0 Å². The van der Waals surface area contributed by atoms with E-state index < -0.39 is 12.1 Å². The van der Waals surface area contributed by atoms with Crippen LogP contribution in [0.25, 0.3) is 0 Å². The maximum Gasteiger partial charge on any atom is 0.354 e. The zero-order chi connectivity index (χ0) is 13.3. The number of anilines is 2. The Bertz CT molecular complexity index is 464. The van der Waals surface area contributed by atoms with Crippen LogP contribution >= 0.6 is 0 Å². The lowest BCUT2D eigenvalue weighted by Gasteiger charge is -2.35. The number of rotatable bonds is 2. The van der Waals surface area contributed by atoms with E-state index in [2.05, 4.69) is 4.98 Å². The van der Waals surface area contributed by atoms with Crippen LogP contribution in [0.3, 0.4) is 0 Å². The van der Waals surface area contributed by atoms with Gasteiger partial charge < -0.3 is 20.8 Å². The number of aromatic carboxylic acids is 1. The molecule has 1 aromatic rings. The van der Waals surface area contributed by atoms with Crippen molar-refractivity contribution in [1.82, 2.24) is 4.98 Å². The Kier molecular flexibility index (Phi) is 3.38. The van der Waals surface area contributed by atoms with Crippen molar-refractivity contribution in [2.45, 2.75) is 19.4 Å². The molecule has 4 N–H and O–H groups in total. The van der Waals surface area contributed by atoms with Crippen LogP contribution in [0.1, 0.15) is 23.8 Å². The smallest absolute Gasteiger partial charge is 0.354 e. The van der Waals surface area contributed by atoms with E-state index in [1.54, 1.807) is 0 Å². The molecule has 0 amide bonds. The zero-order valence-electron chi connectivity index (χ0n) is 10.2. The van der Waals surface area contributed by atoms with Gasteiger partial charge in [-0.25, -0.2) is 9.78 Å². The molecule has 0 aliphatic carbocycles. The summed E-state index contributed by atoms with van der Waals surface area (Å²) in [7, 11) is 0. The molecule has 0 aromatic carbocycles. The van der Waals surface area contributed by atoms with Gasteiger partial charge in [0, 0.05) is 13.1 Å². The van der Waals surface area contributed by atoms with Gasteiger partial charge in [0.05, 0.1) is 11.8 Å². The van der Waals surface area contributed by atoms with Crippen molar-refractivity contribution < 1.29 is 15.0 Å². The van der Waals surface area contributed by atoms with E-state index in [-0.39, 0.29) is 11.6 Å². The number of carboxylic acids is 1. The molecule has 98 valence electrons. The fourth-order valence-electron chi connectivity index (χ4n) is 2.07. The molecule has 0 saturated carbocycles. The van der Waals surface area contributed by atoms with Crippen molar-refractivity contribution in [2.75, 3.05) is 23.7 Å². The van der Waals surface area contributed by atoms with E-state index in [0.717, 1.165) is 13.0 Å². The second kappa shape index (κ2) is 4.81. The summed E-state index contributed by atoms with van der Waals surface area (Å²) >= 11 is 0. The number of aromatic nitrogens is 1. The van der Waals surface area contributed by atoms with Crippen molar-refractivity contribution in [3.05, 3.63) is 17.8 Å². The Morgan fingerprint density at radius 3 is 2.89 bits per heavy atom. The average Bonchev–Trinajstić information content (AvgIpc) is 2.33. The van der Waals surface area contributed by atoms with Crippen LogP contribution in [0, 0.1) is 5.92 Å². The summed E-state index contributed by atoms with van der Waals surface area (Å²) in [5, 5.41) is 18.8. The first kappa shape index (κ1) is 12.6. The molecule has 2 rings (SSSR count). The van der Waals surface area contributed by atoms with Crippen LogP contribution in [-0.2, 0) is 0 Å². The minimum absolute atomic E-state index is 0.0349. The van der Waals surface area contributed by atoms with Crippen molar-refractivity contribution in [1.29, 1.82) is 0 Å². The third kappa shape index (κ3) is 2.38. The summed E-state index contributed by atoms with van der Waals surface area (Å²) in [5.74, 6) is -0.395. The minimum atomic E-state index is -1.08. The first-order chi connectivity index (χ1) is 8.49. The standard InChI is InChI=1S/C12H17N3O3/c1-7-4-5-15(6-10(7)16)11-8(13)2-3-9(14-11)12(17)18/h2-3,7,10,16H,4-6,13H2,1H3,(H,17,18). The predicted molar refractivity (Wildman–Crippen MR) is 67.6 cm³/mol. The van der Waals surface area contributed by atoms with Crippen molar-refractivity contribution in [2.24, 2.45) is 5.92 Å². The van der Waals surface area contributed by atoms with Crippen LogP contribution < -0.4 is 10.6 Å². The maximum absolute atomic E-state index is 10.9. The number of carbonyl (C=O) groups is 1. The third-order valence-electron chi connectivity index (χ3n) is 3.34. The number of carboxylic acid groups (broad SMARTS) is 1. The van der Waals surface area contributed by atoms with Gasteiger partial charge in [0.15, 0.2) is 11.5 Å². The summed E-state index contributed by atoms with van der Waals surface area (Å²) in [5.41, 5.74) is 6.22. The highest BCUT2D eigenvalue weighted by atomic mass is 16.4. The quantitative estimate of drug-likeness (QED) is 0.710. The second-order valence-corrected chi connectivity index (χ2v) is 4.69. The van der Waals surface area contributed by atoms with E-state index in [0.29, 0.717) is 18.1 Å². The van der Waals surface area contributed by atoms with Gasteiger partial charge in [-0.2, -0.15) is 0 Å². The van der Waals surface area contributed by atoms with Gasteiger partial charge in [-0.3, -0.25) is 0 Å². The van der Waals surface area contributed by atoms with E-state index in [4.69, 9.17) is 10.8 Å². The molecule has 1 fully saturated rings. The van der Waals surface area contributed by atoms with E-state index in [1.165, 1.54) is 12.1 Å². The molecular weight excluding hydrogens is 234 g/mol. The summed E-state index contributed by atoms with van der Waals surface area (Å²) in [6.07, 6.45) is 0.396. The molecule has 1 aromatic heterocycles. The summed E-state index contributed by atoms with van der Waals surface area (Å²) in [6, 6.07) is 2.92. The molecule has 6 heteroatoms. The van der Waals surface area contributed by atoms with Gasteiger partial charge in [0.25, 0.3) is 0 Å². The molecular formula is C12H17N3O3. The minimum Gasteiger partial charge on any atom is -0.477 e.